The van der Waals surface area contributed by atoms with Crippen molar-refractivity contribution in [3.8, 4) is 22.9 Å². The van der Waals surface area contributed by atoms with Gasteiger partial charge in [0, 0.05) is 29.9 Å². The molecule has 1 aliphatic heterocycles. The number of nitrogens with zero attached hydrogens (tertiary/aromatic N) is 5. The van der Waals surface area contributed by atoms with E-state index in [1.807, 2.05) is 36.5 Å². The van der Waals surface area contributed by atoms with Crippen LogP contribution in [0.5, 0.6) is 11.6 Å². The standard InChI is InChI=1S/C24H26N8O3/c1-34-18-12-16(14-26-24(18)35-2)17-8-11-32-22(27-17)13-21(31-32)29-19-4-3-5-20(28-19)30-23(33)15-6-9-25-10-7-15/h3-5,8,11-15,25H,6-7,9-10H2,1-2H3,(H2,28,29,30,31,33). The third kappa shape index (κ3) is 4.99. The van der Waals surface area contributed by atoms with Crippen LogP contribution in [0.4, 0.5) is 17.5 Å². The van der Waals surface area contributed by atoms with Crippen LogP contribution in [-0.4, -0.2) is 57.8 Å². The molecule has 0 aliphatic carbocycles. The minimum atomic E-state index is 0.00487. The van der Waals surface area contributed by atoms with Crippen molar-refractivity contribution in [3.63, 3.8) is 0 Å². The molecule has 1 fully saturated rings. The smallest absolute Gasteiger partial charge is 0.256 e. The van der Waals surface area contributed by atoms with Crippen LogP contribution in [-0.2, 0) is 4.79 Å². The molecule has 0 spiro atoms. The molecule has 11 nitrogen and oxygen atoms in total. The van der Waals surface area contributed by atoms with Gasteiger partial charge in [-0.3, -0.25) is 4.79 Å². The van der Waals surface area contributed by atoms with E-state index in [1.165, 1.54) is 0 Å². The van der Waals surface area contributed by atoms with Gasteiger partial charge in [0.25, 0.3) is 5.88 Å². The monoisotopic (exact) mass is 474 g/mol. The molecule has 0 unspecified atom stereocenters. The highest BCUT2D eigenvalue weighted by Gasteiger charge is 2.21. The SMILES string of the molecule is COc1cc(-c2ccn3nc(Nc4cccc(NC(=O)C5CCNCC5)n4)cc3n2)cnc1OC. The van der Waals surface area contributed by atoms with Gasteiger partial charge in [-0.05, 0) is 50.2 Å². The van der Waals surface area contributed by atoms with Crippen molar-refractivity contribution >= 4 is 29.0 Å². The van der Waals surface area contributed by atoms with E-state index in [0.717, 1.165) is 37.2 Å². The molecule has 0 radical (unpaired) electrons. The maximum Gasteiger partial charge on any atom is 0.256 e. The van der Waals surface area contributed by atoms with Gasteiger partial charge in [-0.2, -0.15) is 0 Å². The van der Waals surface area contributed by atoms with Crippen molar-refractivity contribution in [2.75, 3.05) is 37.9 Å². The Hall–Kier alpha value is -4.25. The molecule has 0 bridgehead atoms. The summed E-state index contributed by atoms with van der Waals surface area (Å²) < 4.78 is 12.2. The van der Waals surface area contributed by atoms with Crippen LogP contribution in [0.15, 0.2) is 48.8 Å². The van der Waals surface area contributed by atoms with Gasteiger partial charge in [0.2, 0.25) is 5.91 Å². The molecule has 1 saturated heterocycles. The molecule has 5 rings (SSSR count). The fraction of sp³-hybridized carbons (Fsp3) is 0.292. The third-order valence-electron chi connectivity index (χ3n) is 5.82. The Morgan fingerprint density at radius 3 is 2.69 bits per heavy atom. The average molecular weight is 475 g/mol. The van der Waals surface area contributed by atoms with Crippen molar-refractivity contribution in [2.45, 2.75) is 12.8 Å². The van der Waals surface area contributed by atoms with E-state index >= 15 is 0 Å². The number of aromatic nitrogens is 5. The summed E-state index contributed by atoms with van der Waals surface area (Å²) in [5, 5.41) is 13.9. The number of nitrogens with one attached hydrogen (secondary N) is 3. The molecule has 1 amide bonds. The number of hydrogen-bond donors (Lipinski definition) is 3. The van der Waals surface area contributed by atoms with Crippen molar-refractivity contribution in [3.05, 3.63) is 48.8 Å². The molecule has 0 atom stereocenters. The highest BCUT2D eigenvalue weighted by Crippen LogP contribution is 2.29. The molecule has 4 aromatic rings. The summed E-state index contributed by atoms with van der Waals surface area (Å²) in [4.78, 5) is 26.0. The highest BCUT2D eigenvalue weighted by molar-refractivity contribution is 5.92. The van der Waals surface area contributed by atoms with Crippen LogP contribution in [0, 0.1) is 5.92 Å². The lowest BCUT2D eigenvalue weighted by molar-refractivity contribution is -0.120. The summed E-state index contributed by atoms with van der Waals surface area (Å²) >= 11 is 0. The molecule has 3 N–H and O–H groups in total. The normalized spacial score (nSPS) is 14.0. The highest BCUT2D eigenvalue weighted by atomic mass is 16.5. The van der Waals surface area contributed by atoms with Crippen molar-refractivity contribution in [1.29, 1.82) is 0 Å². The van der Waals surface area contributed by atoms with Gasteiger partial charge in [0.1, 0.15) is 11.6 Å². The van der Waals surface area contributed by atoms with Gasteiger partial charge in [0.15, 0.2) is 17.2 Å². The fourth-order valence-corrected chi connectivity index (χ4v) is 3.99. The van der Waals surface area contributed by atoms with E-state index in [0.29, 0.717) is 34.7 Å². The maximum absolute atomic E-state index is 12.5. The second-order valence-corrected chi connectivity index (χ2v) is 8.13. The lowest BCUT2D eigenvalue weighted by Crippen LogP contribution is -2.34. The number of carbonyl (C=O) groups is 1. The van der Waals surface area contributed by atoms with E-state index < -0.39 is 0 Å². The predicted octanol–water partition coefficient (Wildman–Crippen LogP) is 2.89. The number of ether oxygens (including phenoxy) is 2. The first-order valence-electron chi connectivity index (χ1n) is 11.3. The molecule has 4 aromatic heterocycles. The molecule has 0 saturated carbocycles. The van der Waals surface area contributed by atoms with E-state index in [9.17, 15) is 4.79 Å². The Labute approximate surface area is 201 Å². The fourth-order valence-electron chi connectivity index (χ4n) is 3.99. The van der Waals surface area contributed by atoms with E-state index in [2.05, 4.69) is 36.0 Å². The Kier molecular flexibility index (Phi) is 6.40. The molecule has 0 aromatic carbocycles. The number of methoxy groups -OCH3 is 2. The summed E-state index contributed by atoms with van der Waals surface area (Å²) in [5.74, 6) is 2.61. The molecule has 11 heteroatoms. The number of amides is 1. The maximum atomic E-state index is 12.5. The number of carbonyl (C=O) groups excluding carboxylic acids is 1. The molecule has 35 heavy (non-hydrogen) atoms. The summed E-state index contributed by atoms with van der Waals surface area (Å²) in [6.45, 7) is 1.72. The third-order valence-corrected chi connectivity index (χ3v) is 5.82. The zero-order valence-corrected chi connectivity index (χ0v) is 19.5. The summed E-state index contributed by atoms with van der Waals surface area (Å²) in [6.07, 6.45) is 5.17. The van der Waals surface area contributed by atoms with Gasteiger partial charge < -0.3 is 25.4 Å². The van der Waals surface area contributed by atoms with Crippen LogP contribution in [0.2, 0.25) is 0 Å². The Morgan fingerprint density at radius 1 is 1.06 bits per heavy atom. The van der Waals surface area contributed by atoms with Gasteiger partial charge in [-0.15, -0.1) is 5.10 Å². The topological polar surface area (TPSA) is 128 Å². The largest absolute Gasteiger partial charge is 0.491 e. The first-order chi connectivity index (χ1) is 17.1. The molecule has 5 heterocycles. The minimum Gasteiger partial charge on any atom is -0.491 e. The van der Waals surface area contributed by atoms with Gasteiger partial charge in [-0.25, -0.2) is 19.5 Å². The summed E-state index contributed by atoms with van der Waals surface area (Å²) in [7, 11) is 3.11. The minimum absolute atomic E-state index is 0.00487. The number of fused-ring (bicyclic) bond motifs is 1. The second kappa shape index (κ2) is 9.94. The molecule has 180 valence electrons. The summed E-state index contributed by atoms with van der Waals surface area (Å²) in [5.41, 5.74) is 2.16. The number of rotatable bonds is 7. The van der Waals surface area contributed by atoms with Crippen molar-refractivity contribution < 1.29 is 14.3 Å². The van der Waals surface area contributed by atoms with Crippen molar-refractivity contribution in [1.82, 2.24) is 29.9 Å². The van der Waals surface area contributed by atoms with Gasteiger partial charge in [0.05, 0.1) is 19.9 Å². The molecular formula is C24H26N8O3. The van der Waals surface area contributed by atoms with E-state index in [4.69, 9.17) is 9.47 Å². The van der Waals surface area contributed by atoms with Gasteiger partial charge in [-0.1, -0.05) is 6.07 Å². The van der Waals surface area contributed by atoms with E-state index in [1.54, 1.807) is 31.0 Å². The van der Waals surface area contributed by atoms with Crippen molar-refractivity contribution in [2.24, 2.45) is 5.92 Å². The van der Waals surface area contributed by atoms with E-state index in [-0.39, 0.29) is 11.8 Å². The van der Waals surface area contributed by atoms with Crippen LogP contribution in [0.25, 0.3) is 16.9 Å². The average Bonchev–Trinajstić information content (AvgIpc) is 3.30. The number of hydrogen-bond acceptors (Lipinski definition) is 9. The van der Waals surface area contributed by atoms with Crippen LogP contribution in [0.1, 0.15) is 12.8 Å². The zero-order chi connectivity index (χ0) is 24.2. The quantitative estimate of drug-likeness (QED) is 0.370. The Balaban J connectivity index is 1.32. The molecule has 1 aliphatic rings. The zero-order valence-electron chi connectivity index (χ0n) is 19.5. The second-order valence-electron chi connectivity index (χ2n) is 8.13. The Morgan fingerprint density at radius 2 is 1.89 bits per heavy atom. The molecular weight excluding hydrogens is 448 g/mol. The number of pyridine rings is 2. The lowest BCUT2D eigenvalue weighted by Gasteiger charge is -2.21. The first-order valence-corrected chi connectivity index (χ1v) is 11.3. The Bertz CT molecular complexity index is 1350. The van der Waals surface area contributed by atoms with Crippen LogP contribution >= 0.6 is 0 Å². The lowest BCUT2D eigenvalue weighted by atomic mass is 9.97. The number of piperidine rings is 1. The summed E-state index contributed by atoms with van der Waals surface area (Å²) in [6, 6.07) is 10.9. The van der Waals surface area contributed by atoms with Crippen LogP contribution < -0.4 is 25.4 Å². The van der Waals surface area contributed by atoms with Gasteiger partial charge >= 0.3 is 0 Å². The predicted molar refractivity (Wildman–Crippen MR) is 131 cm³/mol. The number of anilines is 3. The van der Waals surface area contributed by atoms with Crippen LogP contribution in [0.3, 0.4) is 0 Å². The first kappa shape index (κ1) is 22.5.